The van der Waals surface area contributed by atoms with Crippen molar-refractivity contribution in [2.75, 3.05) is 0 Å². The van der Waals surface area contributed by atoms with E-state index in [9.17, 15) is 0 Å². The van der Waals surface area contributed by atoms with Gasteiger partial charge in [0, 0.05) is 41.1 Å². The molecule has 1 atom stereocenters. The van der Waals surface area contributed by atoms with Gasteiger partial charge in [-0.25, -0.2) is 4.98 Å². The number of hydrogen-bond acceptors (Lipinski definition) is 2. The Kier molecular flexibility index (Phi) is 2.99. The van der Waals surface area contributed by atoms with Gasteiger partial charge in [0.25, 0.3) is 0 Å². The Balaban J connectivity index is 1.88. The monoisotopic (exact) mass is 339 g/mol. The third-order valence-electron chi connectivity index (χ3n) is 5.53. The molecule has 0 saturated carbocycles. The Bertz CT molecular complexity index is 1200. The van der Waals surface area contributed by atoms with E-state index in [4.69, 9.17) is 12.3 Å². The molecule has 5 rings (SSSR count). The second-order valence-corrected chi connectivity index (χ2v) is 7.92. The van der Waals surface area contributed by atoms with Gasteiger partial charge in [-0.2, -0.15) is 4.57 Å². The molecule has 0 fully saturated rings. The molecular weight excluding hydrogens is 319 g/mol. The van der Waals surface area contributed by atoms with Crippen molar-refractivity contribution >= 4 is 29.9 Å². The fourth-order valence-corrected chi connectivity index (χ4v) is 4.04. The molecule has 26 heavy (non-hydrogen) atoms. The number of aryl methyl sites for hydroxylation is 1. The van der Waals surface area contributed by atoms with Crippen molar-refractivity contribution in [3.63, 3.8) is 0 Å². The van der Waals surface area contributed by atoms with E-state index in [1.54, 1.807) is 0 Å². The van der Waals surface area contributed by atoms with Gasteiger partial charge in [0.1, 0.15) is 0 Å². The van der Waals surface area contributed by atoms with Crippen LogP contribution in [0.25, 0.3) is 33.3 Å². The number of furan rings is 1. The molecule has 126 valence electrons. The van der Waals surface area contributed by atoms with Crippen LogP contribution in [0.1, 0.15) is 43.6 Å². The normalized spacial score (nSPS) is 16.2. The molecule has 1 aliphatic rings. The zero-order valence-electron chi connectivity index (χ0n) is 15.5. The molecule has 0 aliphatic carbocycles. The largest absolute Gasteiger partial charge is 0.437 e. The summed E-state index contributed by atoms with van der Waals surface area (Å²) in [6, 6.07) is 13.1. The maximum atomic E-state index is 6.35. The standard InChI is InChI=1S/C22H20BN2O/c1-12-5-6-17-16-8-7-15-13(2)25-10-9-14(22(3,4)23)11-18(25)19(15)20(16)26-21(17)24-12/h5-11,13H,1-4H3/q+1. The average molecular weight is 339 g/mol. The molecule has 1 aliphatic heterocycles. The lowest BCUT2D eigenvalue weighted by Gasteiger charge is -2.18. The first-order chi connectivity index (χ1) is 12.3. The predicted octanol–water partition coefficient (Wildman–Crippen LogP) is 4.57. The molecule has 2 radical (unpaired) electrons. The highest BCUT2D eigenvalue weighted by Crippen LogP contribution is 2.42. The Hall–Kier alpha value is -2.62. The van der Waals surface area contributed by atoms with Gasteiger partial charge in [-0.05, 0) is 36.0 Å². The van der Waals surface area contributed by atoms with Crippen molar-refractivity contribution < 1.29 is 8.98 Å². The Morgan fingerprint density at radius 2 is 1.88 bits per heavy atom. The number of aromatic nitrogens is 2. The zero-order chi connectivity index (χ0) is 18.2. The van der Waals surface area contributed by atoms with Crippen LogP contribution in [0.15, 0.2) is 47.0 Å². The summed E-state index contributed by atoms with van der Waals surface area (Å²) in [6.07, 6.45) is 2.14. The SMILES string of the molecule is [B]C(C)(C)c1cc[n+]2c(c1)-c1c(ccc3c1oc1nc(C)ccc13)C2C. The van der Waals surface area contributed by atoms with Crippen LogP contribution in [0.2, 0.25) is 0 Å². The van der Waals surface area contributed by atoms with E-state index < -0.39 is 0 Å². The Morgan fingerprint density at radius 3 is 2.65 bits per heavy atom. The van der Waals surface area contributed by atoms with Crippen LogP contribution in [0, 0.1) is 6.92 Å². The highest BCUT2D eigenvalue weighted by atomic mass is 16.3. The third-order valence-corrected chi connectivity index (χ3v) is 5.53. The molecule has 1 unspecified atom stereocenters. The number of nitrogens with zero attached hydrogens (tertiary/aromatic N) is 2. The van der Waals surface area contributed by atoms with Crippen molar-refractivity contribution in [3.8, 4) is 11.3 Å². The van der Waals surface area contributed by atoms with E-state index in [0.29, 0.717) is 5.71 Å². The van der Waals surface area contributed by atoms with Crippen LogP contribution >= 0.6 is 0 Å². The lowest BCUT2D eigenvalue weighted by atomic mass is 9.67. The summed E-state index contributed by atoms with van der Waals surface area (Å²) < 4.78 is 8.55. The molecule has 1 aromatic carbocycles. The highest BCUT2D eigenvalue weighted by molar-refractivity contribution is 6.15. The summed E-state index contributed by atoms with van der Waals surface area (Å²) in [7, 11) is 6.35. The van der Waals surface area contributed by atoms with E-state index >= 15 is 0 Å². The molecule has 4 heterocycles. The van der Waals surface area contributed by atoms with Gasteiger partial charge in [0.15, 0.2) is 17.8 Å². The summed E-state index contributed by atoms with van der Waals surface area (Å²) in [5.41, 5.74) is 7.30. The van der Waals surface area contributed by atoms with E-state index in [-0.39, 0.29) is 11.4 Å². The number of hydrogen-bond donors (Lipinski definition) is 0. The fraction of sp³-hybridized carbons (Fsp3) is 0.273. The summed E-state index contributed by atoms with van der Waals surface area (Å²) in [6.45, 7) is 8.28. The Morgan fingerprint density at radius 1 is 1.12 bits per heavy atom. The van der Waals surface area contributed by atoms with Crippen molar-refractivity contribution in [2.45, 2.75) is 39.1 Å². The van der Waals surface area contributed by atoms with Gasteiger partial charge in [0.2, 0.25) is 11.4 Å². The number of rotatable bonds is 1. The quantitative estimate of drug-likeness (QED) is 0.376. The number of pyridine rings is 2. The molecule has 3 aromatic heterocycles. The molecule has 0 N–H and O–H groups in total. The van der Waals surface area contributed by atoms with Crippen LogP contribution in [0.4, 0.5) is 0 Å². The number of benzene rings is 1. The zero-order valence-corrected chi connectivity index (χ0v) is 15.5. The van der Waals surface area contributed by atoms with Crippen molar-refractivity contribution in [1.82, 2.24) is 4.98 Å². The van der Waals surface area contributed by atoms with Crippen LogP contribution in [-0.2, 0) is 5.31 Å². The van der Waals surface area contributed by atoms with E-state index in [2.05, 4.69) is 53.0 Å². The van der Waals surface area contributed by atoms with E-state index in [1.165, 1.54) is 5.56 Å². The maximum Gasteiger partial charge on any atom is 0.227 e. The minimum Gasteiger partial charge on any atom is -0.437 e. The Labute approximate surface area is 154 Å². The smallest absolute Gasteiger partial charge is 0.227 e. The predicted molar refractivity (Wildman–Crippen MR) is 104 cm³/mol. The summed E-state index contributed by atoms with van der Waals surface area (Å²) in [5.74, 6) is 0. The summed E-state index contributed by atoms with van der Waals surface area (Å²) in [5, 5.41) is 1.79. The molecule has 0 saturated heterocycles. The summed E-state index contributed by atoms with van der Waals surface area (Å²) >= 11 is 0. The van der Waals surface area contributed by atoms with Gasteiger partial charge in [-0.1, -0.05) is 19.9 Å². The van der Waals surface area contributed by atoms with E-state index in [1.807, 2.05) is 26.8 Å². The lowest BCUT2D eigenvalue weighted by molar-refractivity contribution is -0.694. The minimum atomic E-state index is -0.387. The topological polar surface area (TPSA) is 29.9 Å². The number of fused-ring (bicyclic) bond motifs is 7. The minimum absolute atomic E-state index is 0.266. The first-order valence-electron chi connectivity index (χ1n) is 9.02. The van der Waals surface area contributed by atoms with Crippen LogP contribution < -0.4 is 4.57 Å². The average Bonchev–Trinajstić information content (AvgIpc) is 3.09. The van der Waals surface area contributed by atoms with Crippen molar-refractivity contribution in [1.29, 1.82) is 0 Å². The van der Waals surface area contributed by atoms with Crippen LogP contribution in [0.3, 0.4) is 0 Å². The third kappa shape index (κ3) is 2.02. The van der Waals surface area contributed by atoms with Crippen LogP contribution in [0.5, 0.6) is 0 Å². The molecule has 3 nitrogen and oxygen atoms in total. The van der Waals surface area contributed by atoms with Crippen LogP contribution in [-0.4, -0.2) is 12.8 Å². The molecule has 0 amide bonds. The molecule has 4 aromatic rings. The van der Waals surface area contributed by atoms with Gasteiger partial charge in [0.05, 0.1) is 13.4 Å². The molecule has 0 bridgehead atoms. The highest BCUT2D eigenvalue weighted by Gasteiger charge is 2.37. The molecular formula is C22H20BN2O+. The first kappa shape index (κ1) is 15.6. The van der Waals surface area contributed by atoms with Gasteiger partial charge >= 0.3 is 0 Å². The molecule has 0 spiro atoms. The second-order valence-electron chi connectivity index (χ2n) is 7.92. The maximum absolute atomic E-state index is 6.35. The van der Waals surface area contributed by atoms with Crippen molar-refractivity contribution in [2.24, 2.45) is 0 Å². The summed E-state index contributed by atoms with van der Waals surface area (Å²) in [4.78, 5) is 4.58. The van der Waals surface area contributed by atoms with Gasteiger partial charge in [-0.3, -0.25) is 0 Å². The first-order valence-corrected chi connectivity index (χ1v) is 9.02. The lowest BCUT2D eigenvalue weighted by Crippen LogP contribution is -2.36. The molecule has 4 heteroatoms. The fourth-order valence-electron chi connectivity index (χ4n) is 4.04. The second kappa shape index (κ2) is 4.97. The van der Waals surface area contributed by atoms with Crippen molar-refractivity contribution in [3.05, 3.63) is 59.4 Å². The van der Waals surface area contributed by atoms with E-state index in [0.717, 1.165) is 38.9 Å². The van der Waals surface area contributed by atoms with Gasteiger partial charge in [-0.15, -0.1) is 0 Å². The van der Waals surface area contributed by atoms with Gasteiger partial charge < -0.3 is 4.42 Å².